The summed E-state index contributed by atoms with van der Waals surface area (Å²) in [6.45, 7) is 1.32. The molecule has 9 nitrogen and oxygen atoms in total. The predicted molar refractivity (Wildman–Crippen MR) is 108 cm³/mol. The normalized spacial score (nSPS) is 19.5. The molecule has 0 aliphatic carbocycles. The number of urea groups is 1. The van der Waals surface area contributed by atoms with E-state index in [2.05, 4.69) is 0 Å². The highest BCUT2D eigenvalue weighted by Crippen LogP contribution is 2.45. The number of aliphatic carboxylic acids is 1. The summed E-state index contributed by atoms with van der Waals surface area (Å²) in [7, 11) is 1.59. The largest absolute Gasteiger partial charge is 0.479 e. The van der Waals surface area contributed by atoms with Crippen molar-refractivity contribution < 1.29 is 33.7 Å². The number of carboxylic acid groups (broad SMARTS) is 1. The van der Waals surface area contributed by atoms with Crippen molar-refractivity contribution in [1.29, 1.82) is 0 Å². The predicted octanol–water partition coefficient (Wildman–Crippen LogP) is 2.74. The molecule has 0 aromatic heterocycles. The molecule has 31 heavy (non-hydrogen) atoms. The van der Waals surface area contributed by atoms with Crippen molar-refractivity contribution in [3.05, 3.63) is 65.2 Å². The number of rotatable bonds is 10. The number of fused-ring (bicyclic) bond motifs is 4. The molecule has 164 valence electrons. The van der Waals surface area contributed by atoms with Gasteiger partial charge in [-0.15, -0.1) is 0 Å². The van der Waals surface area contributed by atoms with E-state index in [0.29, 0.717) is 30.1 Å². The molecule has 4 rings (SSSR count). The monoisotopic (exact) mass is 428 g/mol. The SMILES string of the molecule is COCCOCOc1ccc2c(c1)[C@H]1CN(C(=O)N1OCc1ccccc1)C2C(=O)O. The Bertz CT molecular complexity index is 937. The second kappa shape index (κ2) is 9.34. The number of ether oxygens (including phenoxy) is 3. The van der Waals surface area contributed by atoms with Crippen molar-refractivity contribution in [3.63, 3.8) is 0 Å². The lowest BCUT2D eigenvalue weighted by atomic mass is 9.91. The Balaban J connectivity index is 1.55. The van der Waals surface area contributed by atoms with Gasteiger partial charge >= 0.3 is 12.0 Å². The molecule has 2 aromatic rings. The van der Waals surface area contributed by atoms with E-state index in [1.54, 1.807) is 25.3 Å². The summed E-state index contributed by atoms with van der Waals surface area (Å²) in [4.78, 5) is 32.1. The molecule has 0 spiro atoms. The molecule has 1 saturated heterocycles. The number of nitrogens with zero attached hydrogens (tertiary/aromatic N) is 2. The molecule has 2 aliphatic heterocycles. The van der Waals surface area contributed by atoms with E-state index in [0.717, 1.165) is 5.56 Å². The van der Waals surface area contributed by atoms with E-state index in [1.165, 1.54) is 9.96 Å². The van der Waals surface area contributed by atoms with Gasteiger partial charge in [-0.3, -0.25) is 4.84 Å². The van der Waals surface area contributed by atoms with Crippen LogP contribution in [0.25, 0.3) is 0 Å². The standard InChI is InChI=1S/C22H24N2O7/c1-28-9-10-29-14-30-16-7-8-17-18(11-16)19-12-23(20(17)21(25)26)22(27)24(19)31-13-15-5-3-2-4-6-15/h2-8,11,19-20H,9-10,12-14H2,1H3,(H,25,26)/t19-,20?/m1/s1. The zero-order valence-electron chi connectivity index (χ0n) is 17.1. The summed E-state index contributed by atoms with van der Waals surface area (Å²) in [5.41, 5.74) is 2.15. The van der Waals surface area contributed by atoms with Gasteiger partial charge in [0.2, 0.25) is 0 Å². The topological polar surface area (TPSA) is 97.8 Å². The Morgan fingerprint density at radius 1 is 1.13 bits per heavy atom. The van der Waals surface area contributed by atoms with E-state index in [4.69, 9.17) is 19.0 Å². The van der Waals surface area contributed by atoms with Crippen molar-refractivity contribution in [2.75, 3.05) is 33.7 Å². The van der Waals surface area contributed by atoms with Crippen LogP contribution in [-0.2, 0) is 25.7 Å². The van der Waals surface area contributed by atoms with Crippen molar-refractivity contribution in [3.8, 4) is 5.75 Å². The summed E-state index contributed by atoms with van der Waals surface area (Å²) in [5.74, 6) is -0.564. The number of hydroxylamine groups is 2. The fourth-order valence-electron chi connectivity index (χ4n) is 3.83. The van der Waals surface area contributed by atoms with E-state index in [9.17, 15) is 14.7 Å². The maximum absolute atomic E-state index is 12.9. The Kier molecular flexibility index (Phi) is 6.36. The minimum absolute atomic E-state index is 0.0362. The quantitative estimate of drug-likeness (QED) is 0.459. The number of hydrogen-bond acceptors (Lipinski definition) is 6. The molecule has 1 unspecified atom stereocenters. The second-order valence-corrected chi connectivity index (χ2v) is 7.23. The van der Waals surface area contributed by atoms with Crippen LogP contribution in [0.4, 0.5) is 4.79 Å². The van der Waals surface area contributed by atoms with Crippen LogP contribution in [-0.4, -0.2) is 60.7 Å². The molecule has 2 heterocycles. The molecule has 1 N–H and O–H groups in total. The smallest absolute Gasteiger partial charge is 0.345 e. The molecule has 0 saturated carbocycles. The average molecular weight is 428 g/mol. The Labute approximate surface area is 179 Å². The highest BCUT2D eigenvalue weighted by atomic mass is 16.7. The molecule has 2 atom stereocenters. The van der Waals surface area contributed by atoms with Gasteiger partial charge in [-0.05, 0) is 28.8 Å². The first-order valence-electron chi connectivity index (χ1n) is 9.93. The van der Waals surface area contributed by atoms with Crippen LogP contribution in [0.1, 0.15) is 28.8 Å². The Hall–Kier alpha value is -3.14. The lowest BCUT2D eigenvalue weighted by molar-refractivity contribution is -0.143. The number of carbonyl (C=O) groups is 2. The van der Waals surface area contributed by atoms with Crippen LogP contribution in [0, 0.1) is 0 Å². The van der Waals surface area contributed by atoms with E-state index in [-0.39, 0.29) is 19.9 Å². The summed E-state index contributed by atoms with van der Waals surface area (Å²) in [5, 5.41) is 11.1. The zero-order valence-corrected chi connectivity index (χ0v) is 17.1. The Morgan fingerprint density at radius 2 is 1.94 bits per heavy atom. The van der Waals surface area contributed by atoms with Crippen LogP contribution in [0.5, 0.6) is 5.75 Å². The Morgan fingerprint density at radius 3 is 2.68 bits per heavy atom. The van der Waals surface area contributed by atoms with E-state index >= 15 is 0 Å². The van der Waals surface area contributed by atoms with Gasteiger partial charge in [-0.1, -0.05) is 36.4 Å². The first-order valence-corrected chi connectivity index (χ1v) is 9.93. The van der Waals surface area contributed by atoms with Gasteiger partial charge in [0.15, 0.2) is 12.8 Å². The zero-order chi connectivity index (χ0) is 21.8. The third-order valence-electron chi connectivity index (χ3n) is 5.30. The molecule has 9 heteroatoms. The van der Waals surface area contributed by atoms with E-state index < -0.39 is 24.1 Å². The maximum Gasteiger partial charge on any atom is 0.345 e. The fourth-order valence-corrected chi connectivity index (χ4v) is 3.83. The van der Waals surface area contributed by atoms with Crippen molar-refractivity contribution in [2.45, 2.75) is 18.7 Å². The fraction of sp³-hybridized carbons (Fsp3) is 0.364. The van der Waals surface area contributed by atoms with Crippen molar-refractivity contribution >= 4 is 12.0 Å². The van der Waals surface area contributed by atoms with Crippen LogP contribution >= 0.6 is 0 Å². The summed E-state index contributed by atoms with van der Waals surface area (Å²) >= 11 is 0. The molecular formula is C22H24N2O7. The molecule has 2 amide bonds. The van der Waals surface area contributed by atoms with Gasteiger partial charge in [0.25, 0.3) is 0 Å². The number of amides is 2. The third kappa shape index (κ3) is 4.34. The first-order chi connectivity index (χ1) is 15.1. The van der Waals surface area contributed by atoms with Gasteiger partial charge < -0.3 is 24.2 Å². The molecule has 1 fully saturated rings. The number of hydrogen-bond donors (Lipinski definition) is 1. The molecule has 2 aliphatic rings. The average Bonchev–Trinajstić information content (AvgIpc) is 3.05. The van der Waals surface area contributed by atoms with Gasteiger partial charge in [-0.25, -0.2) is 9.59 Å². The molecule has 0 radical (unpaired) electrons. The van der Waals surface area contributed by atoms with Crippen LogP contribution < -0.4 is 4.74 Å². The molecular weight excluding hydrogens is 404 g/mol. The van der Waals surface area contributed by atoms with Crippen molar-refractivity contribution in [2.24, 2.45) is 0 Å². The van der Waals surface area contributed by atoms with Crippen LogP contribution in [0.15, 0.2) is 48.5 Å². The molecule has 2 bridgehead atoms. The second-order valence-electron chi connectivity index (χ2n) is 7.23. The lowest BCUT2D eigenvalue weighted by Gasteiger charge is -2.30. The summed E-state index contributed by atoms with van der Waals surface area (Å²) < 4.78 is 15.9. The summed E-state index contributed by atoms with van der Waals surface area (Å²) in [6, 6.07) is 12.6. The maximum atomic E-state index is 12.9. The minimum Gasteiger partial charge on any atom is -0.479 e. The van der Waals surface area contributed by atoms with Gasteiger partial charge in [0.05, 0.1) is 19.8 Å². The van der Waals surface area contributed by atoms with Crippen molar-refractivity contribution in [1.82, 2.24) is 9.96 Å². The van der Waals surface area contributed by atoms with Gasteiger partial charge in [0.1, 0.15) is 18.4 Å². The van der Waals surface area contributed by atoms with Crippen LogP contribution in [0.3, 0.4) is 0 Å². The highest BCUT2D eigenvalue weighted by Gasteiger charge is 2.51. The number of benzene rings is 2. The number of carbonyl (C=O) groups excluding carboxylic acids is 1. The summed E-state index contributed by atoms with van der Waals surface area (Å²) in [6.07, 6.45) is 0. The van der Waals surface area contributed by atoms with Gasteiger partial charge in [-0.2, -0.15) is 5.06 Å². The van der Waals surface area contributed by atoms with Gasteiger partial charge in [0, 0.05) is 7.11 Å². The number of methoxy groups -OCH3 is 1. The van der Waals surface area contributed by atoms with Crippen LogP contribution in [0.2, 0.25) is 0 Å². The highest BCUT2D eigenvalue weighted by molar-refractivity contribution is 5.87. The van der Waals surface area contributed by atoms with E-state index in [1.807, 2.05) is 30.3 Å². The molecule has 2 aromatic carbocycles. The first kappa shape index (κ1) is 21.1. The number of carboxylic acids is 1. The lowest BCUT2D eigenvalue weighted by Crippen LogP contribution is -2.38. The minimum atomic E-state index is -1.09. The third-order valence-corrected chi connectivity index (χ3v) is 5.30.